The number of hydrogen-bond donors (Lipinski definition) is 4. The van der Waals surface area contributed by atoms with Gasteiger partial charge in [0.1, 0.15) is 29.1 Å². The summed E-state index contributed by atoms with van der Waals surface area (Å²) < 4.78 is 1.85. The second-order valence-electron chi connectivity index (χ2n) is 9.88. The van der Waals surface area contributed by atoms with Crippen molar-refractivity contribution >= 4 is 28.1 Å². The van der Waals surface area contributed by atoms with Crippen LogP contribution in [0.2, 0.25) is 0 Å². The van der Waals surface area contributed by atoms with E-state index in [1.807, 2.05) is 28.8 Å². The molecule has 0 unspecified atom stereocenters. The second kappa shape index (κ2) is 9.24. The summed E-state index contributed by atoms with van der Waals surface area (Å²) in [5.74, 6) is 2.25. The third-order valence-electron chi connectivity index (χ3n) is 7.41. The van der Waals surface area contributed by atoms with E-state index in [2.05, 4.69) is 32.5 Å². The first kappa shape index (κ1) is 23.0. The first-order valence-electron chi connectivity index (χ1n) is 12.6. The molecule has 0 aliphatic heterocycles. The van der Waals surface area contributed by atoms with Gasteiger partial charge in [-0.05, 0) is 55.4 Å². The number of nitrogen functional groups attached to an aromatic ring is 1. The van der Waals surface area contributed by atoms with Crippen molar-refractivity contribution in [2.24, 2.45) is 5.92 Å². The van der Waals surface area contributed by atoms with Gasteiger partial charge in [-0.1, -0.05) is 30.3 Å². The van der Waals surface area contributed by atoms with Gasteiger partial charge in [-0.15, -0.1) is 0 Å². The molecule has 5 N–H and O–H groups in total. The van der Waals surface area contributed by atoms with E-state index >= 15 is 0 Å². The van der Waals surface area contributed by atoms with E-state index in [-0.39, 0.29) is 17.6 Å². The molecule has 3 aromatic heterocycles. The number of anilines is 1. The Morgan fingerprint density at radius 1 is 1.16 bits per heavy atom. The molecule has 1 aliphatic rings. The van der Waals surface area contributed by atoms with Crippen LogP contribution in [0.15, 0.2) is 54.9 Å². The van der Waals surface area contributed by atoms with E-state index in [1.165, 1.54) is 6.33 Å². The Hall–Kier alpha value is -4.40. The van der Waals surface area contributed by atoms with E-state index in [9.17, 15) is 9.90 Å². The minimum Gasteiger partial charge on any atom is -0.508 e. The van der Waals surface area contributed by atoms with Crippen LogP contribution in [0.5, 0.6) is 5.75 Å². The van der Waals surface area contributed by atoms with Crippen LogP contribution < -0.4 is 11.1 Å². The van der Waals surface area contributed by atoms with Gasteiger partial charge in [-0.25, -0.2) is 14.5 Å². The number of H-pyrrole nitrogens is 1. The molecule has 1 aliphatic carbocycles. The van der Waals surface area contributed by atoms with Crippen molar-refractivity contribution in [1.82, 2.24) is 29.9 Å². The Kier molecular flexibility index (Phi) is 5.75. The Labute approximate surface area is 213 Å². The van der Waals surface area contributed by atoms with Crippen molar-refractivity contribution < 1.29 is 9.90 Å². The highest BCUT2D eigenvalue weighted by atomic mass is 16.3. The smallest absolute Gasteiger partial charge is 0.216 e. The largest absolute Gasteiger partial charge is 0.508 e. The fourth-order valence-corrected chi connectivity index (χ4v) is 5.54. The van der Waals surface area contributed by atoms with Gasteiger partial charge >= 0.3 is 0 Å². The van der Waals surface area contributed by atoms with Crippen LogP contribution in [-0.4, -0.2) is 42.1 Å². The molecule has 0 radical (unpaired) electrons. The average Bonchev–Trinajstić information content (AvgIpc) is 3.50. The van der Waals surface area contributed by atoms with E-state index < -0.39 is 0 Å². The maximum Gasteiger partial charge on any atom is 0.216 e. The number of fused-ring (bicyclic) bond motifs is 2. The number of carbonyl (C=O) groups excluding carboxylic acids is 1. The predicted octanol–water partition coefficient (Wildman–Crippen LogP) is 4.64. The fraction of sp³-hybridized carbons (Fsp3) is 0.286. The van der Waals surface area contributed by atoms with Gasteiger partial charge in [-0.3, -0.25) is 4.79 Å². The van der Waals surface area contributed by atoms with Crippen LogP contribution in [0, 0.1) is 5.92 Å². The highest BCUT2D eigenvalue weighted by molar-refractivity contribution is 5.98. The summed E-state index contributed by atoms with van der Waals surface area (Å²) in [6, 6.07) is 15.4. The molecule has 37 heavy (non-hydrogen) atoms. The van der Waals surface area contributed by atoms with Crippen LogP contribution in [0.25, 0.3) is 38.9 Å². The molecule has 188 valence electrons. The number of para-hydroxylation sites is 1. The van der Waals surface area contributed by atoms with Gasteiger partial charge in [-0.2, -0.15) is 5.10 Å². The molecule has 9 nitrogen and oxygen atoms in total. The number of aromatic amines is 1. The maximum absolute atomic E-state index is 11.3. The van der Waals surface area contributed by atoms with Crippen LogP contribution in [0.3, 0.4) is 0 Å². The number of amides is 1. The lowest BCUT2D eigenvalue weighted by Crippen LogP contribution is -2.29. The van der Waals surface area contributed by atoms with Crippen LogP contribution >= 0.6 is 0 Å². The van der Waals surface area contributed by atoms with E-state index in [0.29, 0.717) is 17.3 Å². The third kappa shape index (κ3) is 4.26. The molecular formula is C28H29N7O2. The molecule has 1 saturated carbocycles. The zero-order chi connectivity index (χ0) is 25.5. The lowest BCUT2D eigenvalue weighted by Gasteiger charge is -2.27. The molecule has 1 fully saturated rings. The lowest BCUT2D eigenvalue weighted by molar-refractivity contribution is -0.119. The van der Waals surface area contributed by atoms with Gasteiger partial charge in [0, 0.05) is 30.3 Å². The molecule has 3 heterocycles. The van der Waals surface area contributed by atoms with E-state index in [0.717, 1.165) is 71.5 Å². The number of aromatic hydroxyl groups is 1. The molecule has 6 rings (SSSR count). The quantitative estimate of drug-likeness (QED) is 0.281. The van der Waals surface area contributed by atoms with Crippen LogP contribution in [-0.2, 0) is 4.79 Å². The fourth-order valence-electron chi connectivity index (χ4n) is 5.54. The number of carbonyl (C=O) groups is 1. The number of nitrogens with zero attached hydrogens (tertiary/aromatic N) is 4. The number of aromatic nitrogens is 5. The maximum atomic E-state index is 11.3. The van der Waals surface area contributed by atoms with Crippen molar-refractivity contribution in [2.45, 2.75) is 38.5 Å². The zero-order valence-electron chi connectivity index (χ0n) is 20.6. The number of nitrogens with two attached hydrogens (primary N) is 1. The summed E-state index contributed by atoms with van der Waals surface area (Å²) in [5.41, 5.74) is 11.5. The molecule has 0 bridgehead atoms. The average molecular weight is 496 g/mol. The topological polar surface area (TPSA) is 134 Å². The van der Waals surface area contributed by atoms with Crippen molar-refractivity contribution in [2.75, 3.05) is 12.3 Å². The first-order valence-corrected chi connectivity index (χ1v) is 12.6. The van der Waals surface area contributed by atoms with Gasteiger partial charge in [0.25, 0.3) is 0 Å². The summed E-state index contributed by atoms with van der Waals surface area (Å²) in [4.78, 5) is 24.2. The standard InChI is InChI=1S/C28H29N7O2/c1-16(36)30-14-17-8-10-18(11-9-17)28-34-25(26-27(29)31-15-32-35(26)28)23-13-20-5-3-7-22(24(20)33-23)19-4-2-6-21(37)12-19/h2-7,12-13,15,17-18,33,37H,8-11,14H2,1H3,(H,30,36)(H2,29,31,32). The summed E-state index contributed by atoms with van der Waals surface area (Å²) >= 11 is 0. The number of imidazole rings is 1. The van der Waals surface area contributed by atoms with Gasteiger partial charge in [0.15, 0.2) is 5.82 Å². The van der Waals surface area contributed by atoms with Gasteiger partial charge in [0.2, 0.25) is 5.91 Å². The normalized spacial score (nSPS) is 17.9. The molecule has 0 atom stereocenters. The highest BCUT2D eigenvalue weighted by Crippen LogP contribution is 2.39. The summed E-state index contributed by atoms with van der Waals surface area (Å²) in [7, 11) is 0. The monoisotopic (exact) mass is 495 g/mol. The van der Waals surface area contributed by atoms with Crippen molar-refractivity contribution in [3.63, 3.8) is 0 Å². The van der Waals surface area contributed by atoms with E-state index in [4.69, 9.17) is 10.7 Å². The van der Waals surface area contributed by atoms with Crippen LogP contribution in [0.4, 0.5) is 5.82 Å². The molecule has 2 aromatic carbocycles. The number of nitrogens with one attached hydrogen (secondary N) is 2. The predicted molar refractivity (Wildman–Crippen MR) is 143 cm³/mol. The third-order valence-corrected chi connectivity index (χ3v) is 7.41. The Bertz CT molecular complexity index is 1610. The summed E-state index contributed by atoms with van der Waals surface area (Å²) in [5, 5.41) is 18.5. The van der Waals surface area contributed by atoms with Gasteiger partial charge in [0.05, 0.1) is 11.2 Å². The number of benzene rings is 2. The molecule has 0 saturated heterocycles. The minimum absolute atomic E-state index is 0.0174. The Morgan fingerprint density at radius 2 is 1.97 bits per heavy atom. The van der Waals surface area contributed by atoms with Gasteiger partial charge < -0.3 is 21.1 Å². The second-order valence-corrected chi connectivity index (χ2v) is 9.88. The SMILES string of the molecule is CC(=O)NCC1CCC(c2nc(-c3cc4cccc(-c5cccc(O)c5)c4[nH]3)c3c(N)ncnn23)CC1. The van der Waals surface area contributed by atoms with Crippen LogP contribution in [0.1, 0.15) is 44.3 Å². The number of rotatable bonds is 5. The molecule has 9 heteroatoms. The summed E-state index contributed by atoms with van der Waals surface area (Å²) in [6.07, 6.45) is 5.47. The molecule has 1 amide bonds. The lowest BCUT2D eigenvalue weighted by atomic mass is 9.81. The highest BCUT2D eigenvalue weighted by Gasteiger charge is 2.28. The number of hydrogen-bond acceptors (Lipinski definition) is 6. The first-order chi connectivity index (χ1) is 18.0. The Morgan fingerprint density at radius 3 is 2.76 bits per heavy atom. The molecule has 0 spiro atoms. The molecular weight excluding hydrogens is 466 g/mol. The Balaban J connectivity index is 1.39. The number of phenolic OH excluding ortho intramolecular Hbond substituents is 1. The summed E-state index contributed by atoms with van der Waals surface area (Å²) in [6.45, 7) is 2.28. The minimum atomic E-state index is 0.0174. The van der Waals surface area contributed by atoms with Crippen molar-refractivity contribution in [3.05, 3.63) is 60.7 Å². The zero-order valence-corrected chi connectivity index (χ0v) is 20.6. The molecule has 5 aromatic rings. The van der Waals surface area contributed by atoms with Crippen molar-refractivity contribution in [1.29, 1.82) is 0 Å². The van der Waals surface area contributed by atoms with E-state index in [1.54, 1.807) is 19.1 Å². The van der Waals surface area contributed by atoms with Crippen molar-refractivity contribution in [3.8, 4) is 28.3 Å². The number of phenols is 1.